The molecular formula is C10H9N3O4S. The summed E-state index contributed by atoms with van der Waals surface area (Å²) in [5, 5.41) is 10.7. The molecule has 0 bridgehead atoms. The number of aryl methyl sites for hydroxylation is 1. The zero-order chi connectivity index (χ0) is 13.3. The van der Waals surface area contributed by atoms with E-state index in [-0.39, 0.29) is 4.90 Å². The van der Waals surface area contributed by atoms with Crippen molar-refractivity contribution in [3.8, 4) is 0 Å². The molecule has 8 heteroatoms. The summed E-state index contributed by atoms with van der Waals surface area (Å²) in [5.74, 6) is -0.725. The monoisotopic (exact) mass is 267 g/mol. The van der Waals surface area contributed by atoms with Gasteiger partial charge in [0.05, 0.1) is 0 Å². The van der Waals surface area contributed by atoms with E-state index in [2.05, 4.69) is 4.98 Å². The Hall–Kier alpha value is -2.22. The molecule has 0 unspecified atom stereocenters. The average molecular weight is 267 g/mol. The van der Waals surface area contributed by atoms with Crippen molar-refractivity contribution in [2.24, 2.45) is 0 Å². The number of aromatic nitrogens is 2. The minimum Gasteiger partial charge on any atom is -0.390 e. The number of benzene rings is 1. The van der Waals surface area contributed by atoms with E-state index in [9.17, 15) is 18.5 Å². The number of imidazole rings is 1. The Kier molecular flexibility index (Phi) is 2.87. The molecule has 18 heavy (non-hydrogen) atoms. The van der Waals surface area contributed by atoms with Gasteiger partial charge in [-0.15, -0.1) is 3.97 Å². The molecule has 2 aromatic rings. The summed E-state index contributed by atoms with van der Waals surface area (Å²) in [7, 11) is -3.98. The lowest BCUT2D eigenvalue weighted by atomic mass is 10.2. The molecule has 0 atom stereocenters. The zero-order valence-corrected chi connectivity index (χ0v) is 10.2. The molecule has 0 saturated heterocycles. The van der Waals surface area contributed by atoms with Gasteiger partial charge in [0.25, 0.3) is 0 Å². The number of nitro groups is 1. The van der Waals surface area contributed by atoms with Crippen molar-refractivity contribution in [1.82, 2.24) is 8.96 Å². The lowest BCUT2D eigenvalue weighted by Crippen LogP contribution is -2.14. The van der Waals surface area contributed by atoms with Crippen LogP contribution in [-0.2, 0) is 10.0 Å². The first-order valence-electron chi connectivity index (χ1n) is 4.93. The second kappa shape index (κ2) is 4.22. The Morgan fingerprint density at radius 3 is 2.72 bits per heavy atom. The minimum atomic E-state index is -3.98. The van der Waals surface area contributed by atoms with Gasteiger partial charge in [-0.2, -0.15) is 8.42 Å². The Labute approximate surface area is 103 Å². The maximum atomic E-state index is 12.2. The number of nitrogens with zero attached hydrogens (tertiary/aromatic N) is 3. The minimum absolute atomic E-state index is 0.0106. The van der Waals surface area contributed by atoms with Crippen molar-refractivity contribution in [3.63, 3.8) is 0 Å². The van der Waals surface area contributed by atoms with Crippen LogP contribution in [0.3, 0.4) is 0 Å². The Morgan fingerprint density at radius 2 is 2.11 bits per heavy atom. The standard InChI is InChI=1S/C10H9N3O4S/c1-8-3-2-4-9(7-8)18(16,17)12-6-5-11-10(12)13(14)15/h2-7H,1H3. The van der Waals surface area contributed by atoms with Crippen LogP contribution in [0.5, 0.6) is 0 Å². The predicted molar refractivity (Wildman–Crippen MR) is 62.6 cm³/mol. The molecule has 94 valence electrons. The normalized spacial score (nSPS) is 11.4. The highest BCUT2D eigenvalue weighted by Gasteiger charge is 2.28. The van der Waals surface area contributed by atoms with Crippen molar-refractivity contribution in [2.75, 3.05) is 0 Å². The van der Waals surface area contributed by atoms with E-state index in [4.69, 9.17) is 0 Å². The van der Waals surface area contributed by atoms with Gasteiger partial charge in [0, 0.05) is 0 Å². The molecule has 1 aromatic heterocycles. The maximum Gasteiger partial charge on any atom is 0.449 e. The van der Waals surface area contributed by atoms with Crippen LogP contribution < -0.4 is 0 Å². The summed E-state index contributed by atoms with van der Waals surface area (Å²) in [5.41, 5.74) is 0.749. The summed E-state index contributed by atoms with van der Waals surface area (Å²) in [4.78, 5) is 13.2. The molecule has 2 rings (SSSR count). The smallest absolute Gasteiger partial charge is 0.390 e. The predicted octanol–water partition coefficient (Wildman–Crippen LogP) is 1.34. The van der Waals surface area contributed by atoms with Gasteiger partial charge in [0.1, 0.15) is 17.3 Å². The molecule has 0 spiro atoms. The molecule has 0 radical (unpaired) electrons. The van der Waals surface area contributed by atoms with Gasteiger partial charge in [0.15, 0.2) is 0 Å². The fourth-order valence-corrected chi connectivity index (χ4v) is 2.84. The highest BCUT2D eigenvalue weighted by Crippen LogP contribution is 2.19. The van der Waals surface area contributed by atoms with E-state index in [1.165, 1.54) is 12.1 Å². The second-order valence-electron chi connectivity index (χ2n) is 3.60. The first-order chi connectivity index (χ1) is 8.43. The molecule has 1 heterocycles. The topological polar surface area (TPSA) is 95.1 Å². The molecule has 0 saturated carbocycles. The Bertz CT molecular complexity index is 705. The maximum absolute atomic E-state index is 12.2. The van der Waals surface area contributed by atoms with Crippen molar-refractivity contribution in [2.45, 2.75) is 11.8 Å². The van der Waals surface area contributed by atoms with Crippen LogP contribution in [0.1, 0.15) is 5.56 Å². The van der Waals surface area contributed by atoms with Gasteiger partial charge >= 0.3 is 16.0 Å². The third kappa shape index (κ3) is 1.97. The van der Waals surface area contributed by atoms with Crippen molar-refractivity contribution in [1.29, 1.82) is 0 Å². The molecule has 0 aliphatic rings. The lowest BCUT2D eigenvalue weighted by Gasteiger charge is -2.04. The van der Waals surface area contributed by atoms with Crippen molar-refractivity contribution in [3.05, 3.63) is 52.3 Å². The van der Waals surface area contributed by atoms with Crippen LogP contribution in [0.4, 0.5) is 5.95 Å². The van der Waals surface area contributed by atoms with Gasteiger partial charge in [-0.05, 0) is 29.5 Å². The lowest BCUT2D eigenvalue weighted by molar-refractivity contribution is -0.394. The van der Waals surface area contributed by atoms with Crippen molar-refractivity contribution >= 4 is 16.0 Å². The largest absolute Gasteiger partial charge is 0.449 e. The molecule has 0 N–H and O–H groups in total. The fourth-order valence-electron chi connectivity index (χ4n) is 1.49. The molecular weight excluding hydrogens is 258 g/mol. The third-order valence-electron chi connectivity index (χ3n) is 2.30. The quantitative estimate of drug-likeness (QED) is 0.617. The van der Waals surface area contributed by atoms with E-state index in [1.54, 1.807) is 19.1 Å². The first kappa shape index (κ1) is 12.2. The van der Waals surface area contributed by atoms with E-state index >= 15 is 0 Å². The second-order valence-corrected chi connectivity index (χ2v) is 5.42. The number of rotatable bonds is 3. The van der Waals surface area contributed by atoms with Crippen molar-refractivity contribution < 1.29 is 13.3 Å². The van der Waals surface area contributed by atoms with Crippen LogP contribution in [0.15, 0.2) is 41.6 Å². The highest BCUT2D eigenvalue weighted by atomic mass is 32.2. The van der Waals surface area contributed by atoms with Crippen LogP contribution >= 0.6 is 0 Å². The number of hydrogen-bond donors (Lipinski definition) is 0. The summed E-state index contributed by atoms with van der Waals surface area (Å²) in [6.07, 6.45) is 2.13. The van der Waals surface area contributed by atoms with Crippen LogP contribution in [-0.4, -0.2) is 22.3 Å². The number of hydrogen-bond acceptors (Lipinski definition) is 5. The van der Waals surface area contributed by atoms with Gasteiger partial charge in [0.2, 0.25) is 0 Å². The fraction of sp³-hybridized carbons (Fsp3) is 0.100. The molecule has 1 aromatic carbocycles. The van der Waals surface area contributed by atoms with E-state index in [1.807, 2.05) is 0 Å². The Morgan fingerprint density at radius 1 is 1.39 bits per heavy atom. The summed E-state index contributed by atoms with van der Waals surface area (Å²) < 4.78 is 24.9. The van der Waals surface area contributed by atoms with Crippen LogP contribution in [0.2, 0.25) is 0 Å². The van der Waals surface area contributed by atoms with Gasteiger partial charge in [-0.1, -0.05) is 17.1 Å². The summed E-state index contributed by atoms with van der Waals surface area (Å²) >= 11 is 0. The average Bonchev–Trinajstić information content (AvgIpc) is 2.78. The molecule has 7 nitrogen and oxygen atoms in total. The molecule has 0 fully saturated rings. The zero-order valence-electron chi connectivity index (χ0n) is 9.35. The van der Waals surface area contributed by atoms with Gasteiger partial charge in [-0.3, -0.25) is 0 Å². The Balaban J connectivity index is 2.62. The van der Waals surface area contributed by atoms with E-state index in [0.29, 0.717) is 3.97 Å². The summed E-state index contributed by atoms with van der Waals surface area (Å²) in [6, 6.07) is 6.14. The summed E-state index contributed by atoms with van der Waals surface area (Å²) in [6.45, 7) is 1.74. The first-order valence-corrected chi connectivity index (χ1v) is 6.37. The third-order valence-corrected chi connectivity index (χ3v) is 3.95. The van der Waals surface area contributed by atoms with Crippen LogP contribution in [0, 0.1) is 17.0 Å². The molecule has 0 amide bonds. The SMILES string of the molecule is Cc1cccc(S(=O)(=O)n2ccnc2[N+](=O)[O-])c1. The van der Waals surface area contributed by atoms with E-state index < -0.39 is 20.9 Å². The van der Waals surface area contributed by atoms with Gasteiger partial charge in [-0.25, -0.2) is 0 Å². The molecule has 0 aliphatic heterocycles. The molecule has 0 aliphatic carbocycles. The highest BCUT2D eigenvalue weighted by molar-refractivity contribution is 7.90. The van der Waals surface area contributed by atoms with Gasteiger partial charge < -0.3 is 10.1 Å². The van der Waals surface area contributed by atoms with Crippen LogP contribution in [0.25, 0.3) is 0 Å². The van der Waals surface area contributed by atoms with E-state index in [0.717, 1.165) is 18.0 Å².